The Bertz CT molecular complexity index is 1350. The summed E-state index contributed by atoms with van der Waals surface area (Å²) in [4.78, 5) is 48.8. The van der Waals surface area contributed by atoms with E-state index < -0.39 is 23.5 Å². The molecular weight excluding hydrogens is 482 g/mol. The van der Waals surface area contributed by atoms with Crippen LogP contribution in [0.15, 0.2) is 48.9 Å². The molecule has 1 aliphatic rings. The van der Waals surface area contributed by atoms with Gasteiger partial charge in [0.05, 0.1) is 17.9 Å². The average Bonchev–Trinajstić information content (AvgIpc) is 2.87. The van der Waals surface area contributed by atoms with Crippen molar-refractivity contribution in [3.8, 4) is 0 Å². The quantitative estimate of drug-likeness (QED) is 0.443. The zero-order valence-corrected chi connectivity index (χ0v) is 22.6. The highest BCUT2D eigenvalue weighted by molar-refractivity contribution is 6.39. The molecule has 1 aromatic carbocycles. The predicted octanol–water partition coefficient (Wildman–Crippen LogP) is 5.48. The summed E-state index contributed by atoms with van der Waals surface area (Å²) in [6.07, 6.45) is 6.68. The van der Waals surface area contributed by atoms with Gasteiger partial charge in [0.15, 0.2) is 0 Å². The predicted molar refractivity (Wildman–Crippen MR) is 147 cm³/mol. The summed E-state index contributed by atoms with van der Waals surface area (Å²) in [5.41, 5.74) is 1.45. The van der Waals surface area contributed by atoms with Gasteiger partial charge in [-0.05, 0) is 80.7 Å². The van der Waals surface area contributed by atoms with Crippen molar-refractivity contribution in [2.75, 3.05) is 17.2 Å². The van der Waals surface area contributed by atoms with Crippen molar-refractivity contribution in [1.29, 1.82) is 0 Å². The average molecular weight is 518 g/mol. The molecule has 1 saturated heterocycles. The molecule has 9 heteroatoms. The zero-order valence-electron chi connectivity index (χ0n) is 22.6. The van der Waals surface area contributed by atoms with Crippen molar-refractivity contribution in [1.82, 2.24) is 14.9 Å². The van der Waals surface area contributed by atoms with Crippen LogP contribution in [0.2, 0.25) is 0 Å². The molecule has 0 saturated carbocycles. The van der Waals surface area contributed by atoms with Crippen LogP contribution >= 0.6 is 0 Å². The molecule has 9 nitrogen and oxygen atoms in total. The Kier molecular flexibility index (Phi) is 7.94. The number of hydrogen-bond donors (Lipinski definition) is 2. The third-order valence-corrected chi connectivity index (χ3v) is 6.55. The smallest absolute Gasteiger partial charge is 0.413 e. The lowest BCUT2D eigenvalue weighted by Crippen LogP contribution is -2.46. The van der Waals surface area contributed by atoms with E-state index in [-0.39, 0.29) is 6.04 Å². The van der Waals surface area contributed by atoms with Gasteiger partial charge in [-0.1, -0.05) is 26.0 Å². The second-order valence-corrected chi connectivity index (χ2v) is 10.8. The van der Waals surface area contributed by atoms with Crippen molar-refractivity contribution in [2.45, 2.75) is 65.5 Å². The highest BCUT2D eigenvalue weighted by Crippen LogP contribution is 2.35. The minimum Gasteiger partial charge on any atom is -0.444 e. The molecule has 200 valence electrons. The number of nitrogens with zero attached hydrogens (tertiary/aromatic N) is 3. The first-order valence-electron chi connectivity index (χ1n) is 13.0. The molecule has 38 heavy (non-hydrogen) atoms. The number of anilines is 2. The zero-order chi connectivity index (χ0) is 27.4. The standard InChI is InChI=1S/C29H35N5O4/c1-6-19-14-23(16-31-25(19)33-28(37)38-29(3,4)5)32-26(35)27(36)34-17-18(2)7-10-24(34)21-8-9-22-15-30-12-11-20(22)13-21/h8-9,11-16,18,24H,6-7,10,17H2,1-5H3,(H,32,35)(H,31,33,37). The monoisotopic (exact) mass is 517 g/mol. The number of nitrogens with one attached hydrogen (secondary N) is 2. The van der Waals surface area contributed by atoms with Crippen molar-refractivity contribution >= 4 is 40.2 Å². The van der Waals surface area contributed by atoms with Crippen molar-refractivity contribution in [2.24, 2.45) is 5.92 Å². The molecule has 2 N–H and O–H groups in total. The molecule has 0 aliphatic carbocycles. The summed E-state index contributed by atoms with van der Waals surface area (Å²) in [5.74, 6) is -0.655. The lowest BCUT2D eigenvalue weighted by molar-refractivity contribution is -0.146. The fourth-order valence-electron chi connectivity index (χ4n) is 4.71. The van der Waals surface area contributed by atoms with E-state index in [9.17, 15) is 14.4 Å². The first kappa shape index (κ1) is 27.0. The fraction of sp³-hybridized carbons (Fsp3) is 0.414. The van der Waals surface area contributed by atoms with Crippen LogP contribution in [-0.4, -0.2) is 44.9 Å². The second-order valence-electron chi connectivity index (χ2n) is 10.8. The molecule has 3 heterocycles. The Morgan fingerprint density at radius 1 is 1.05 bits per heavy atom. The molecule has 1 aliphatic heterocycles. The van der Waals surface area contributed by atoms with Gasteiger partial charge in [-0.3, -0.25) is 19.9 Å². The number of rotatable bonds is 4. The number of hydrogen-bond acceptors (Lipinski definition) is 6. The summed E-state index contributed by atoms with van der Waals surface area (Å²) in [6, 6.07) is 9.55. The first-order valence-corrected chi connectivity index (χ1v) is 13.0. The molecule has 3 aromatic rings. The Hall–Kier alpha value is -4.01. The SMILES string of the molecule is CCc1cc(NC(=O)C(=O)N2CC(C)CCC2c2ccc3cnccc3c2)cnc1NC(=O)OC(C)(C)C. The van der Waals surface area contributed by atoms with Crippen LogP contribution in [0.5, 0.6) is 0 Å². The van der Waals surface area contributed by atoms with Gasteiger partial charge in [-0.2, -0.15) is 0 Å². The van der Waals surface area contributed by atoms with E-state index in [2.05, 4.69) is 33.6 Å². The van der Waals surface area contributed by atoms with Crippen LogP contribution < -0.4 is 10.6 Å². The number of aryl methyl sites for hydroxylation is 1. The molecule has 2 atom stereocenters. The number of amides is 3. The van der Waals surface area contributed by atoms with E-state index in [0.29, 0.717) is 36.0 Å². The van der Waals surface area contributed by atoms with Crippen LogP contribution in [0.4, 0.5) is 16.3 Å². The first-order chi connectivity index (χ1) is 18.0. The van der Waals surface area contributed by atoms with Crippen LogP contribution in [0.25, 0.3) is 10.8 Å². The van der Waals surface area contributed by atoms with Gasteiger partial charge in [0.1, 0.15) is 11.4 Å². The number of benzene rings is 1. The molecule has 2 unspecified atom stereocenters. The minimum absolute atomic E-state index is 0.188. The maximum absolute atomic E-state index is 13.4. The van der Waals surface area contributed by atoms with Crippen molar-refractivity contribution < 1.29 is 19.1 Å². The second kappa shape index (κ2) is 11.2. The molecule has 4 rings (SSSR count). The molecule has 2 aromatic heterocycles. The number of ether oxygens (including phenoxy) is 1. The van der Waals surface area contributed by atoms with Gasteiger partial charge in [-0.15, -0.1) is 0 Å². The van der Waals surface area contributed by atoms with Gasteiger partial charge in [0, 0.05) is 24.3 Å². The Morgan fingerprint density at radius 2 is 1.84 bits per heavy atom. The fourth-order valence-corrected chi connectivity index (χ4v) is 4.71. The van der Waals surface area contributed by atoms with E-state index >= 15 is 0 Å². The normalized spacial score (nSPS) is 17.7. The van der Waals surface area contributed by atoms with Gasteiger partial charge in [0.25, 0.3) is 0 Å². The van der Waals surface area contributed by atoms with Crippen LogP contribution in [-0.2, 0) is 20.7 Å². The lowest BCUT2D eigenvalue weighted by Gasteiger charge is -2.38. The van der Waals surface area contributed by atoms with Gasteiger partial charge in [0.2, 0.25) is 0 Å². The highest BCUT2D eigenvalue weighted by atomic mass is 16.6. The Balaban J connectivity index is 1.50. The number of fused-ring (bicyclic) bond motifs is 1. The summed E-state index contributed by atoms with van der Waals surface area (Å²) in [7, 11) is 0. The molecule has 0 bridgehead atoms. The largest absolute Gasteiger partial charge is 0.444 e. The third-order valence-electron chi connectivity index (χ3n) is 6.55. The maximum atomic E-state index is 13.4. The molecular formula is C29H35N5O4. The van der Waals surface area contributed by atoms with Gasteiger partial charge >= 0.3 is 17.9 Å². The maximum Gasteiger partial charge on any atom is 0.413 e. The molecule has 0 radical (unpaired) electrons. The number of likely N-dealkylation sites (tertiary alicyclic amines) is 1. The van der Waals surface area contributed by atoms with Crippen LogP contribution in [0.3, 0.4) is 0 Å². The van der Waals surface area contributed by atoms with Crippen LogP contribution in [0, 0.1) is 5.92 Å². The third kappa shape index (κ3) is 6.45. The van der Waals surface area contributed by atoms with Crippen molar-refractivity contribution in [3.63, 3.8) is 0 Å². The summed E-state index contributed by atoms with van der Waals surface area (Å²) in [6.45, 7) is 9.84. The van der Waals surface area contributed by atoms with E-state index in [4.69, 9.17) is 4.74 Å². The van der Waals surface area contributed by atoms with E-state index in [1.54, 1.807) is 37.9 Å². The van der Waals surface area contributed by atoms with Gasteiger partial charge < -0.3 is 15.0 Å². The van der Waals surface area contributed by atoms with E-state index in [0.717, 1.165) is 29.2 Å². The number of carbonyl (C=O) groups excluding carboxylic acids is 3. The molecule has 0 spiro atoms. The van der Waals surface area contributed by atoms with Gasteiger partial charge in [-0.25, -0.2) is 9.78 Å². The summed E-state index contributed by atoms with van der Waals surface area (Å²) in [5, 5.41) is 7.43. The minimum atomic E-state index is -0.717. The Labute approximate surface area is 223 Å². The highest BCUT2D eigenvalue weighted by Gasteiger charge is 2.34. The number of piperidine rings is 1. The number of aromatic nitrogens is 2. The Morgan fingerprint density at radius 3 is 2.58 bits per heavy atom. The lowest BCUT2D eigenvalue weighted by atomic mass is 9.89. The van der Waals surface area contributed by atoms with E-state index in [1.165, 1.54) is 6.20 Å². The molecule has 3 amide bonds. The summed E-state index contributed by atoms with van der Waals surface area (Å²) >= 11 is 0. The topological polar surface area (TPSA) is 114 Å². The van der Waals surface area contributed by atoms with Crippen molar-refractivity contribution in [3.05, 3.63) is 60.0 Å². The van der Waals surface area contributed by atoms with Crippen LogP contribution in [0.1, 0.15) is 64.6 Å². The summed E-state index contributed by atoms with van der Waals surface area (Å²) < 4.78 is 5.30. The molecule has 1 fully saturated rings. The van der Waals surface area contributed by atoms with E-state index in [1.807, 2.05) is 31.3 Å². The number of pyridine rings is 2. The number of carbonyl (C=O) groups is 3.